The molecule has 0 aliphatic carbocycles. The summed E-state index contributed by atoms with van der Waals surface area (Å²) < 4.78 is 0. The highest BCUT2D eigenvalue weighted by Gasteiger charge is 2.25. The van der Waals surface area contributed by atoms with E-state index in [0.29, 0.717) is 0 Å². The molecule has 351 valence electrons. The highest BCUT2D eigenvalue weighted by Crippen LogP contribution is 2.51. The van der Waals surface area contributed by atoms with E-state index in [2.05, 4.69) is 304 Å². The number of fused-ring (bicyclic) bond motifs is 2. The van der Waals surface area contributed by atoms with E-state index in [-0.39, 0.29) is 0 Å². The highest BCUT2D eigenvalue weighted by molar-refractivity contribution is 6.89. The summed E-state index contributed by atoms with van der Waals surface area (Å²) in [5.74, 6) is 0. The van der Waals surface area contributed by atoms with Crippen LogP contribution >= 0.6 is 0 Å². The number of anilines is 6. The normalized spacial score (nSPS) is 11.8. The van der Waals surface area contributed by atoms with Crippen molar-refractivity contribution in [3.63, 3.8) is 0 Å². The molecule has 0 aliphatic heterocycles. The first-order chi connectivity index (χ1) is 35.0. The number of para-hydroxylation sites is 2. The van der Waals surface area contributed by atoms with Crippen molar-refractivity contribution < 1.29 is 0 Å². The van der Waals surface area contributed by atoms with Gasteiger partial charge in [-0.15, -0.1) is 8.07 Å². The second-order valence-electron chi connectivity index (χ2n) is 21.0. The van der Waals surface area contributed by atoms with Gasteiger partial charge in [0.1, 0.15) is 0 Å². The Morgan fingerprint density at radius 1 is 0.292 bits per heavy atom. The van der Waals surface area contributed by atoms with Gasteiger partial charge in [0.25, 0.3) is 0 Å². The third-order valence-corrected chi connectivity index (χ3v) is 18.3. The van der Waals surface area contributed by atoms with Crippen molar-refractivity contribution in [2.24, 2.45) is 0 Å². The van der Waals surface area contributed by atoms with Crippen LogP contribution in [-0.2, 0) is 0 Å². The minimum atomic E-state index is -1.54. The average Bonchev–Trinajstić information content (AvgIpc) is 3.41. The molecule has 0 amide bonds. The molecule has 2 nitrogen and oxygen atoms in total. The van der Waals surface area contributed by atoms with E-state index in [1.54, 1.807) is 0 Å². The molecular formula is C68H60N2Si2-. The Labute approximate surface area is 428 Å². The van der Waals surface area contributed by atoms with E-state index in [9.17, 15) is 0 Å². The lowest BCUT2D eigenvalue weighted by Gasteiger charge is -2.31. The Morgan fingerprint density at radius 2 is 0.611 bits per heavy atom. The van der Waals surface area contributed by atoms with Crippen LogP contribution in [0, 0.1) is 0 Å². The van der Waals surface area contributed by atoms with Crippen molar-refractivity contribution in [2.75, 3.05) is 9.80 Å². The number of hydrogen-bond acceptors (Lipinski definition) is 2. The van der Waals surface area contributed by atoms with Crippen LogP contribution in [0.15, 0.2) is 255 Å². The average molecular weight is 961 g/mol. The lowest BCUT2D eigenvalue weighted by molar-refractivity contribution is 1.29. The van der Waals surface area contributed by atoms with Crippen LogP contribution in [0.25, 0.3) is 66.1 Å². The van der Waals surface area contributed by atoms with E-state index >= 15 is 0 Å². The Balaban J connectivity index is 1.27. The highest BCUT2D eigenvalue weighted by atomic mass is 28.3. The van der Waals surface area contributed by atoms with Gasteiger partial charge in [0.05, 0.1) is 8.07 Å². The Bertz CT molecular complexity index is 3430. The maximum absolute atomic E-state index is 2.46. The molecule has 0 aliphatic rings. The van der Waals surface area contributed by atoms with Gasteiger partial charge in [-0.3, -0.25) is 0 Å². The third kappa shape index (κ3) is 9.00. The van der Waals surface area contributed by atoms with Crippen molar-refractivity contribution in [2.45, 2.75) is 39.3 Å². The van der Waals surface area contributed by atoms with Crippen molar-refractivity contribution in [3.8, 4) is 44.5 Å². The molecule has 0 fully saturated rings. The summed E-state index contributed by atoms with van der Waals surface area (Å²) in [5, 5.41) is 7.65. The molecule has 0 unspecified atom stereocenters. The smallest absolute Gasteiger partial charge is 0.0775 e. The van der Waals surface area contributed by atoms with Crippen LogP contribution in [0.5, 0.6) is 0 Å². The summed E-state index contributed by atoms with van der Waals surface area (Å²) >= 11 is 0. The number of hydrogen-bond donors (Lipinski definition) is 0. The van der Waals surface area contributed by atoms with E-state index < -0.39 is 16.1 Å². The Kier molecular flexibility index (Phi) is 12.4. The molecule has 0 aromatic heterocycles. The first-order valence-corrected chi connectivity index (χ1v) is 32.3. The van der Waals surface area contributed by atoms with Crippen LogP contribution in [0.1, 0.15) is 0 Å². The molecule has 0 spiro atoms. The zero-order chi connectivity index (χ0) is 49.4. The van der Waals surface area contributed by atoms with E-state index in [1.807, 2.05) is 0 Å². The fourth-order valence-corrected chi connectivity index (χ4v) is 12.8. The van der Waals surface area contributed by atoms with Crippen molar-refractivity contribution in [3.05, 3.63) is 255 Å². The standard InChI is InChI=1S/C68H60N2Si2/c1-71(2,3)57-41-35-53(36-42-57)69(51-27-15-9-16-28-51)55-39-45-63-65(47-55)67(61-33-21-19-31-59(61)49-23-11-7-12-24-49)64-46-40-56(48-66(64)68(63)62-34-22-20-32-60(62)50-25-13-8-14-26-50)70(52-29-17-10-18-30-52)54-37-43-58(44-38-54)72(4,5)6/h7-48H,1-6H3/q-1. The molecule has 11 aromatic rings. The van der Waals surface area contributed by atoms with Crippen molar-refractivity contribution >= 4 is 82.2 Å². The minimum absolute atomic E-state index is 1.10. The minimum Gasteiger partial charge on any atom is -0.310 e. The first-order valence-electron chi connectivity index (χ1n) is 25.3. The summed E-state index contributed by atoms with van der Waals surface area (Å²) in [7, 11) is -3.08. The monoisotopic (exact) mass is 960 g/mol. The van der Waals surface area contributed by atoms with Gasteiger partial charge in [-0.2, -0.15) is 24.8 Å². The van der Waals surface area contributed by atoms with Gasteiger partial charge in [0.15, 0.2) is 0 Å². The Hall–Kier alpha value is -8.03. The predicted octanol–water partition coefficient (Wildman–Crippen LogP) is 18.7. The molecule has 11 rings (SSSR count). The second-order valence-corrected chi connectivity index (χ2v) is 31.1. The van der Waals surface area contributed by atoms with Crippen LogP contribution in [0.3, 0.4) is 0 Å². The van der Waals surface area contributed by atoms with Gasteiger partial charge in [-0.1, -0.05) is 207 Å². The van der Waals surface area contributed by atoms with E-state index in [0.717, 1.165) is 34.1 Å². The predicted molar refractivity (Wildman–Crippen MR) is 319 cm³/mol. The molecule has 4 heteroatoms. The zero-order valence-electron chi connectivity index (χ0n) is 42.1. The molecule has 72 heavy (non-hydrogen) atoms. The maximum atomic E-state index is 2.46. The summed E-state index contributed by atoms with van der Waals surface area (Å²) in [5.41, 5.74) is 16.3. The fourth-order valence-electron chi connectivity index (χ4n) is 10.5. The lowest BCUT2D eigenvalue weighted by Crippen LogP contribution is -2.37. The van der Waals surface area contributed by atoms with Crippen LogP contribution in [0.2, 0.25) is 39.3 Å². The van der Waals surface area contributed by atoms with E-state index in [4.69, 9.17) is 0 Å². The molecule has 11 aromatic carbocycles. The molecule has 0 atom stereocenters. The van der Waals surface area contributed by atoms with Gasteiger partial charge in [0, 0.05) is 34.1 Å². The molecule has 0 N–H and O–H groups in total. The molecule has 0 saturated heterocycles. The SMILES string of the molecule is C[Si](C)(C)c1ccc(N(c2ccccc2)c2ccc3c(-c4ccccc4-c4ccccc4)c4cc(N(c5ccccc5)c5ccc([Si-](C)(C)C)cc5)ccc4c(-c4ccccc4-c4ccccc4)c3c2)cc1. The Morgan fingerprint density at radius 3 is 0.986 bits per heavy atom. The molecular weight excluding hydrogens is 901 g/mol. The van der Waals surface area contributed by atoms with Gasteiger partial charge < -0.3 is 9.80 Å². The summed E-state index contributed by atoms with van der Waals surface area (Å²) in [4.78, 5) is 4.85. The van der Waals surface area contributed by atoms with E-state index in [1.165, 1.54) is 76.4 Å². The molecule has 0 heterocycles. The number of benzene rings is 11. The van der Waals surface area contributed by atoms with Gasteiger partial charge in [0.2, 0.25) is 0 Å². The van der Waals surface area contributed by atoms with Crippen LogP contribution in [0.4, 0.5) is 34.1 Å². The van der Waals surface area contributed by atoms with Gasteiger partial charge in [-0.05, 0) is 139 Å². The van der Waals surface area contributed by atoms with Gasteiger partial charge in [-0.25, -0.2) is 0 Å². The largest absolute Gasteiger partial charge is 0.310 e. The van der Waals surface area contributed by atoms with Crippen molar-refractivity contribution in [1.82, 2.24) is 0 Å². The lowest BCUT2D eigenvalue weighted by atomic mass is 9.82. The van der Waals surface area contributed by atoms with Crippen LogP contribution < -0.4 is 20.2 Å². The molecule has 0 saturated carbocycles. The first kappa shape index (κ1) is 46.4. The van der Waals surface area contributed by atoms with Crippen LogP contribution in [-0.4, -0.2) is 16.1 Å². The quantitative estimate of drug-likeness (QED) is 0.0889. The number of rotatable bonds is 12. The molecule has 0 radical (unpaired) electrons. The van der Waals surface area contributed by atoms with Crippen molar-refractivity contribution in [1.29, 1.82) is 0 Å². The summed E-state index contributed by atoms with van der Waals surface area (Å²) in [6.07, 6.45) is 0. The molecule has 0 bridgehead atoms. The topological polar surface area (TPSA) is 6.48 Å². The fraction of sp³-hybridized carbons (Fsp3) is 0.0882. The summed E-state index contributed by atoms with van der Waals surface area (Å²) in [6, 6.07) is 94.5. The number of nitrogens with zero attached hydrogens (tertiary/aromatic N) is 2. The second kappa shape index (κ2) is 19.3. The summed E-state index contributed by atoms with van der Waals surface area (Å²) in [6.45, 7) is 14.5. The maximum Gasteiger partial charge on any atom is 0.0775 e. The zero-order valence-corrected chi connectivity index (χ0v) is 44.1. The van der Waals surface area contributed by atoms with Gasteiger partial charge >= 0.3 is 0 Å². The third-order valence-electron chi connectivity index (χ3n) is 14.2.